The summed E-state index contributed by atoms with van der Waals surface area (Å²) in [7, 11) is 2.92. The molecule has 0 aliphatic heterocycles. The van der Waals surface area contributed by atoms with E-state index >= 15 is 0 Å². The Bertz CT molecular complexity index is 1080. The normalized spacial score (nSPS) is 11.6. The average Bonchev–Trinajstić information content (AvgIpc) is 2.79. The van der Waals surface area contributed by atoms with E-state index in [1.807, 2.05) is 18.2 Å². The van der Waals surface area contributed by atoms with Crippen molar-refractivity contribution in [2.45, 2.75) is 12.6 Å². The Morgan fingerprint density at radius 2 is 1.81 bits per heavy atom. The molecule has 0 bridgehead atoms. The molecule has 0 aliphatic carbocycles. The summed E-state index contributed by atoms with van der Waals surface area (Å²) in [6, 6.07) is 18.9. The highest BCUT2D eigenvalue weighted by Gasteiger charge is 2.24. The molecule has 31 heavy (non-hydrogen) atoms. The predicted molar refractivity (Wildman–Crippen MR) is 117 cm³/mol. The number of benzene rings is 3. The van der Waals surface area contributed by atoms with Gasteiger partial charge in [0, 0.05) is 30.3 Å². The van der Waals surface area contributed by atoms with Crippen molar-refractivity contribution in [3.8, 4) is 16.9 Å². The first-order valence-corrected chi connectivity index (χ1v) is 9.61. The van der Waals surface area contributed by atoms with Gasteiger partial charge in [0.2, 0.25) is 0 Å². The molecule has 0 saturated heterocycles. The van der Waals surface area contributed by atoms with Crippen molar-refractivity contribution in [2.75, 3.05) is 14.2 Å². The van der Waals surface area contributed by atoms with Crippen molar-refractivity contribution < 1.29 is 18.7 Å². The molecule has 160 valence electrons. The Balaban J connectivity index is 1.75. The second-order valence-corrected chi connectivity index (χ2v) is 6.88. The summed E-state index contributed by atoms with van der Waals surface area (Å²) in [5.74, 6) is -0.396. The molecular weight excluding hydrogens is 397 g/mol. The zero-order valence-electron chi connectivity index (χ0n) is 17.3. The summed E-state index contributed by atoms with van der Waals surface area (Å²) in [6.45, 7) is 0.234. The number of rotatable bonds is 8. The number of nitrogen functional groups attached to an aromatic ring is 1. The van der Waals surface area contributed by atoms with Crippen molar-refractivity contribution >= 4 is 11.7 Å². The lowest BCUT2D eigenvalue weighted by molar-refractivity contribution is -0.131. The zero-order valence-corrected chi connectivity index (χ0v) is 17.3. The summed E-state index contributed by atoms with van der Waals surface area (Å²) >= 11 is 0. The van der Waals surface area contributed by atoms with Crippen LogP contribution >= 0.6 is 0 Å². The van der Waals surface area contributed by atoms with Gasteiger partial charge in [0.05, 0.1) is 7.11 Å². The summed E-state index contributed by atoms with van der Waals surface area (Å²) in [5, 5.41) is 10.2. The molecule has 3 rings (SSSR count). The van der Waals surface area contributed by atoms with Crippen molar-refractivity contribution in [2.24, 2.45) is 5.73 Å². The van der Waals surface area contributed by atoms with Crippen LogP contribution in [0.2, 0.25) is 0 Å². The molecule has 0 heterocycles. The molecule has 4 N–H and O–H groups in total. The number of carbonyl (C=O) groups excluding carboxylic acids is 1. The van der Waals surface area contributed by atoms with Gasteiger partial charge in [0.1, 0.15) is 17.4 Å². The molecule has 1 amide bonds. The number of halogens is 1. The molecule has 1 atom stereocenters. The summed E-state index contributed by atoms with van der Waals surface area (Å²) in [4.78, 5) is 12.7. The van der Waals surface area contributed by atoms with Crippen LogP contribution in [0.4, 0.5) is 4.39 Å². The van der Waals surface area contributed by atoms with Crippen LogP contribution in [0, 0.1) is 11.2 Å². The topological polar surface area (TPSA) is 97.4 Å². The molecule has 0 saturated carbocycles. The maximum Gasteiger partial charge on any atom is 0.254 e. The number of hydrogen-bond donors (Lipinski definition) is 3. The van der Waals surface area contributed by atoms with Crippen molar-refractivity contribution in [1.82, 2.24) is 5.32 Å². The minimum Gasteiger partial charge on any atom is -0.496 e. The standard InChI is InChI=1S/C24H24FN3O3/c1-30-21-6-4-3-5-18(21)17-11-12-19(20(25)13-17)22(31-2)24(29)28-14-15-7-9-16(10-8-15)23(26)27/h3-13,22H,14H2,1-2H3,(H3,26,27)(H,28,29)/t22-/m0/s1. The van der Waals surface area contributed by atoms with Gasteiger partial charge in [-0.15, -0.1) is 0 Å². The third kappa shape index (κ3) is 5.07. The summed E-state index contributed by atoms with van der Waals surface area (Å²) in [6.07, 6.45) is -1.09. The molecule has 0 unspecified atom stereocenters. The van der Waals surface area contributed by atoms with Crippen LogP contribution in [-0.4, -0.2) is 26.0 Å². The van der Waals surface area contributed by atoms with Crippen LogP contribution in [0.15, 0.2) is 66.7 Å². The monoisotopic (exact) mass is 421 g/mol. The Morgan fingerprint density at radius 3 is 2.42 bits per heavy atom. The second-order valence-electron chi connectivity index (χ2n) is 6.88. The van der Waals surface area contributed by atoms with E-state index in [4.69, 9.17) is 20.6 Å². The molecule has 3 aromatic carbocycles. The Labute approximate surface area is 180 Å². The summed E-state index contributed by atoms with van der Waals surface area (Å²) < 4.78 is 25.5. The van der Waals surface area contributed by atoms with E-state index in [1.54, 1.807) is 49.6 Å². The van der Waals surface area contributed by atoms with E-state index in [-0.39, 0.29) is 17.9 Å². The molecule has 7 heteroatoms. The third-order valence-corrected chi connectivity index (χ3v) is 4.91. The van der Waals surface area contributed by atoms with E-state index in [0.29, 0.717) is 16.9 Å². The molecule has 0 aromatic heterocycles. The lowest BCUT2D eigenvalue weighted by Crippen LogP contribution is -2.30. The number of amidine groups is 1. The molecular formula is C24H24FN3O3. The number of nitrogens with two attached hydrogens (primary N) is 1. The SMILES string of the molecule is COc1ccccc1-c1ccc([C@H](OC)C(=O)NCc2ccc(C(=N)N)cc2)c(F)c1. The van der Waals surface area contributed by atoms with Gasteiger partial charge in [0.15, 0.2) is 6.10 Å². The van der Waals surface area contributed by atoms with Gasteiger partial charge in [-0.1, -0.05) is 54.6 Å². The number of para-hydroxylation sites is 1. The van der Waals surface area contributed by atoms with Crippen LogP contribution in [0.5, 0.6) is 5.75 Å². The van der Waals surface area contributed by atoms with Gasteiger partial charge in [-0.25, -0.2) is 4.39 Å². The first kappa shape index (κ1) is 22.0. The lowest BCUT2D eigenvalue weighted by Gasteiger charge is -2.17. The molecule has 0 radical (unpaired) electrons. The first-order valence-electron chi connectivity index (χ1n) is 9.61. The van der Waals surface area contributed by atoms with Crippen LogP contribution < -0.4 is 15.8 Å². The minimum atomic E-state index is -1.09. The smallest absolute Gasteiger partial charge is 0.254 e. The zero-order chi connectivity index (χ0) is 22.4. The largest absolute Gasteiger partial charge is 0.496 e. The minimum absolute atomic E-state index is 0.0259. The van der Waals surface area contributed by atoms with E-state index in [1.165, 1.54) is 13.2 Å². The van der Waals surface area contributed by atoms with Crippen molar-refractivity contribution in [1.29, 1.82) is 5.41 Å². The Hall–Kier alpha value is -3.71. The van der Waals surface area contributed by atoms with Gasteiger partial charge in [-0.05, 0) is 23.3 Å². The number of hydrogen-bond acceptors (Lipinski definition) is 4. The predicted octanol–water partition coefficient (Wildman–Crippen LogP) is 3.79. The van der Waals surface area contributed by atoms with Gasteiger partial charge < -0.3 is 20.5 Å². The Morgan fingerprint density at radius 1 is 1.10 bits per heavy atom. The number of amides is 1. The number of methoxy groups -OCH3 is 2. The van der Waals surface area contributed by atoms with E-state index < -0.39 is 17.8 Å². The molecule has 3 aromatic rings. The number of carbonyl (C=O) groups is 1. The molecule has 0 spiro atoms. The maximum atomic E-state index is 14.9. The quantitative estimate of drug-likeness (QED) is 0.381. The number of ether oxygens (including phenoxy) is 2. The van der Waals surface area contributed by atoms with Gasteiger partial charge in [-0.2, -0.15) is 0 Å². The van der Waals surface area contributed by atoms with Crippen LogP contribution in [0.1, 0.15) is 22.8 Å². The average molecular weight is 421 g/mol. The van der Waals surface area contributed by atoms with Crippen molar-refractivity contribution in [3.05, 3.63) is 89.2 Å². The fraction of sp³-hybridized carbons (Fsp3) is 0.167. The van der Waals surface area contributed by atoms with Crippen LogP contribution in [0.3, 0.4) is 0 Å². The van der Waals surface area contributed by atoms with Crippen LogP contribution in [-0.2, 0) is 16.1 Å². The lowest BCUT2D eigenvalue weighted by atomic mass is 10.00. The van der Waals surface area contributed by atoms with E-state index in [9.17, 15) is 9.18 Å². The highest BCUT2D eigenvalue weighted by Crippen LogP contribution is 2.32. The van der Waals surface area contributed by atoms with E-state index in [0.717, 1.165) is 11.1 Å². The summed E-state index contributed by atoms with van der Waals surface area (Å²) in [5.41, 5.74) is 8.39. The molecule has 6 nitrogen and oxygen atoms in total. The Kier molecular flexibility index (Phi) is 6.99. The highest BCUT2D eigenvalue weighted by atomic mass is 19.1. The highest BCUT2D eigenvalue weighted by molar-refractivity contribution is 5.94. The molecule has 0 aliphatic rings. The van der Waals surface area contributed by atoms with Gasteiger partial charge in [0.25, 0.3) is 5.91 Å². The van der Waals surface area contributed by atoms with Gasteiger partial charge in [-0.3, -0.25) is 10.2 Å². The first-order chi connectivity index (χ1) is 14.9. The number of nitrogens with one attached hydrogen (secondary N) is 2. The fourth-order valence-corrected chi connectivity index (χ4v) is 3.25. The fourth-order valence-electron chi connectivity index (χ4n) is 3.25. The van der Waals surface area contributed by atoms with Gasteiger partial charge >= 0.3 is 0 Å². The second kappa shape index (κ2) is 9.86. The molecule has 0 fully saturated rings. The van der Waals surface area contributed by atoms with E-state index in [2.05, 4.69) is 5.32 Å². The van der Waals surface area contributed by atoms with Crippen LogP contribution in [0.25, 0.3) is 11.1 Å². The van der Waals surface area contributed by atoms with Crippen molar-refractivity contribution in [3.63, 3.8) is 0 Å². The maximum absolute atomic E-state index is 14.9. The third-order valence-electron chi connectivity index (χ3n) is 4.91.